The molecule has 278 valence electrons. The van der Waals surface area contributed by atoms with E-state index >= 15 is 0 Å². The summed E-state index contributed by atoms with van der Waals surface area (Å²) < 4.78 is 126. The standard InChI is InChI=1S/C33H31F6N5O7S/c1-3-50-26-15-20(14-25-18(2)17-51-28(25)26)27(31(46)43-52(47,48)44-8-10-49-11-9-44)41-24-6-4-19(5-7-24)29(40)42-30(45)21-12-22(32(34,35)36)16-23(13-21)33(37,38)39/h4-7,12-17,27,41H,3,8-11H2,1-2H3,(H,43,46)(H2,40,42,45). The molecule has 5 rings (SSSR count). The number of fused-ring (bicyclic) bond motifs is 1. The van der Waals surface area contributed by atoms with Gasteiger partial charge >= 0.3 is 22.6 Å². The zero-order valence-electron chi connectivity index (χ0n) is 27.4. The van der Waals surface area contributed by atoms with Crippen LogP contribution in [0.15, 0.2) is 65.3 Å². The second-order valence-corrected chi connectivity index (χ2v) is 13.2. The van der Waals surface area contributed by atoms with Crippen LogP contribution in [0.1, 0.15) is 51.1 Å². The minimum Gasteiger partial charge on any atom is -0.490 e. The number of rotatable bonds is 10. The molecule has 1 aliphatic rings. The van der Waals surface area contributed by atoms with E-state index in [0.29, 0.717) is 27.8 Å². The molecule has 1 saturated heterocycles. The second kappa shape index (κ2) is 14.8. The van der Waals surface area contributed by atoms with Gasteiger partial charge in [-0.15, -0.1) is 0 Å². The van der Waals surface area contributed by atoms with Crippen molar-refractivity contribution < 1.29 is 58.2 Å². The lowest BCUT2D eigenvalue weighted by molar-refractivity contribution is -0.143. The zero-order chi connectivity index (χ0) is 38.0. The maximum Gasteiger partial charge on any atom is 0.416 e. The molecule has 3 aromatic carbocycles. The Kier molecular flexibility index (Phi) is 10.9. The molecule has 0 aliphatic carbocycles. The largest absolute Gasteiger partial charge is 0.490 e. The van der Waals surface area contributed by atoms with E-state index in [4.69, 9.17) is 19.3 Å². The lowest BCUT2D eigenvalue weighted by Gasteiger charge is -2.27. The smallest absolute Gasteiger partial charge is 0.416 e. The van der Waals surface area contributed by atoms with Crippen LogP contribution in [-0.2, 0) is 32.1 Å². The number of alkyl halides is 6. The Morgan fingerprint density at radius 1 is 0.942 bits per heavy atom. The van der Waals surface area contributed by atoms with E-state index in [1.807, 2.05) is 5.32 Å². The highest BCUT2D eigenvalue weighted by molar-refractivity contribution is 7.87. The molecule has 52 heavy (non-hydrogen) atoms. The third kappa shape index (κ3) is 8.65. The van der Waals surface area contributed by atoms with Gasteiger partial charge in [-0.05, 0) is 79.6 Å². The van der Waals surface area contributed by atoms with E-state index < -0.39 is 62.9 Å². The van der Waals surface area contributed by atoms with E-state index in [0.717, 1.165) is 4.31 Å². The Labute approximate surface area is 292 Å². The highest BCUT2D eigenvalue weighted by atomic mass is 32.2. The second-order valence-electron chi connectivity index (χ2n) is 11.5. The van der Waals surface area contributed by atoms with Gasteiger partial charge in [0, 0.05) is 35.3 Å². The Hall–Kier alpha value is -5.14. The van der Waals surface area contributed by atoms with Gasteiger partial charge in [0.1, 0.15) is 11.9 Å². The molecular formula is C33H31F6N5O7S. The predicted molar refractivity (Wildman–Crippen MR) is 175 cm³/mol. The molecule has 0 bridgehead atoms. The van der Waals surface area contributed by atoms with Crippen LogP contribution in [0.25, 0.3) is 11.0 Å². The van der Waals surface area contributed by atoms with Crippen molar-refractivity contribution in [1.82, 2.24) is 14.3 Å². The van der Waals surface area contributed by atoms with E-state index in [2.05, 4.69) is 10.0 Å². The third-order valence-corrected chi connectivity index (χ3v) is 9.37. The Bertz CT molecular complexity index is 2060. The van der Waals surface area contributed by atoms with Crippen LogP contribution < -0.4 is 20.1 Å². The van der Waals surface area contributed by atoms with Gasteiger partial charge in [-0.3, -0.25) is 15.0 Å². The first-order valence-corrected chi connectivity index (χ1v) is 16.9. The van der Waals surface area contributed by atoms with Gasteiger partial charge in [0.25, 0.3) is 11.8 Å². The van der Waals surface area contributed by atoms with Gasteiger partial charge < -0.3 is 24.5 Å². The molecule has 1 aromatic heterocycles. The number of ether oxygens (including phenoxy) is 2. The number of hydrogen-bond donors (Lipinski definition) is 4. The molecule has 0 saturated carbocycles. The van der Waals surface area contributed by atoms with Crippen LogP contribution >= 0.6 is 0 Å². The van der Waals surface area contributed by atoms with Crippen molar-refractivity contribution in [3.63, 3.8) is 0 Å². The van der Waals surface area contributed by atoms with Gasteiger partial charge in [-0.2, -0.15) is 39.1 Å². The molecular weight excluding hydrogens is 724 g/mol. The first kappa shape index (κ1) is 38.1. The van der Waals surface area contributed by atoms with Crippen molar-refractivity contribution in [3.8, 4) is 5.75 Å². The Balaban J connectivity index is 1.41. The number of furan rings is 1. The van der Waals surface area contributed by atoms with Crippen LogP contribution in [0, 0.1) is 12.3 Å². The summed E-state index contributed by atoms with van der Waals surface area (Å²) in [6.45, 7) is 4.09. The van der Waals surface area contributed by atoms with Crippen molar-refractivity contribution in [2.45, 2.75) is 32.2 Å². The van der Waals surface area contributed by atoms with Crippen LogP contribution in [0.4, 0.5) is 32.0 Å². The summed E-state index contributed by atoms with van der Waals surface area (Å²) in [5.41, 5.74) is -2.73. The molecule has 4 N–H and O–H groups in total. The fraction of sp³-hybridized carbons (Fsp3) is 0.303. The van der Waals surface area contributed by atoms with Crippen molar-refractivity contribution >= 4 is 44.5 Å². The number of nitrogens with one attached hydrogen (secondary N) is 4. The quantitative estimate of drug-likeness (QED) is 0.0900. The molecule has 2 heterocycles. The molecule has 0 spiro atoms. The number of halogens is 6. The first-order chi connectivity index (χ1) is 24.4. The minimum atomic E-state index is -5.18. The molecule has 4 aromatic rings. The highest BCUT2D eigenvalue weighted by Gasteiger charge is 2.38. The summed E-state index contributed by atoms with van der Waals surface area (Å²) in [6.07, 6.45) is -8.86. The van der Waals surface area contributed by atoms with Crippen LogP contribution in [0.3, 0.4) is 0 Å². The van der Waals surface area contributed by atoms with Crippen molar-refractivity contribution in [1.29, 1.82) is 5.41 Å². The number of benzene rings is 3. The van der Waals surface area contributed by atoms with E-state index in [9.17, 15) is 44.3 Å². The van der Waals surface area contributed by atoms with Crippen LogP contribution in [-0.4, -0.2) is 63.3 Å². The summed E-state index contributed by atoms with van der Waals surface area (Å²) in [4.78, 5) is 26.5. The lowest BCUT2D eigenvalue weighted by Crippen LogP contribution is -2.50. The normalized spacial score (nSPS) is 14.8. The van der Waals surface area contributed by atoms with Gasteiger partial charge in [-0.1, -0.05) is 0 Å². The summed E-state index contributed by atoms with van der Waals surface area (Å²) >= 11 is 0. The van der Waals surface area contributed by atoms with Gasteiger partial charge in [0.15, 0.2) is 11.3 Å². The number of aryl methyl sites for hydroxylation is 1. The molecule has 1 fully saturated rings. The number of morpholine rings is 1. The maximum atomic E-state index is 13.7. The fourth-order valence-electron chi connectivity index (χ4n) is 5.26. The number of amidine groups is 1. The molecule has 2 amide bonds. The minimum absolute atomic E-state index is 0.00751. The number of nitrogens with zero attached hydrogens (tertiary/aromatic N) is 1. The van der Waals surface area contributed by atoms with E-state index in [1.54, 1.807) is 19.9 Å². The molecule has 19 heteroatoms. The van der Waals surface area contributed by atoms with Gasteiger partial charge in [0.05, 0.1) is 37.2 Å². The molecule has 12 nitrogen and oxygen atoms in total. The van der Waals surface area contributed by atoms with E-state index in [1.165, 1.54) is 36.6 Å². The van der Waals surface area contributed by atoms with Crippen LogP contribution in [0.5, 0.6) is 5.75 Å². The lowest BCUT2D eigenvalue weighted by atomic mass is 10.0. The monoisotopic (exact) mass is 755 g/mol. The molecule has 1 unspecified atom stereocenters. The summed E-state index contributed by atoms with van der Waals surface area (Å²) in [5.74, 6) is -2.72. The Morgan fingerprint density at radius 2 is 1.56 bits per heavy atom. The zero-order valence-corrected chi connectivity index (χ0v) is 28.2. The topological polar surface area (TPSA) is 163 Å². The van der Waals surface area contributed by atoms with Crippen molar-refractivity contribution in [2.75, 3.05) is 38.2 Å². The average Bonchev–Trinajstić information content (AvgIpc) is 3.47. The molecule has 1 atom stereocenters. The van der Waals surface area contributed by atoms with Crippen LogP contribution in [0.2, 0.25) is 0 Å². The summed E-state index contributed by atoms with van der Waals surface area (Å²) in [6, 6.07) is 7.46. The number of carbonyl (C=O) groups is 2. The summed E-state index contributed by atoms with van der Waals surface area (Å²) in [5, 5.41) is 13.8. The first-order valence-electron chi connectivity index (χ1n) is 15.5. The molecule has 0 radical (unpaired) electrons. The maximum absolute atomic E-state index is 13.7. The number of amides is 2. The predicted octanol–water partition coefficient (Wildman–Crippen LogP) is 5.78. The highest BCUT2D eigenvalue weighted by Crippen LogP contribution is 2.37. The third-order valence-electron chi connectivity index (χ3n) is 7.86. The average molecular weight is 756 g/mol. The number of hydrogen-bond acceptors (Lipinski definition) is 9. The fourth-order valence-corrected chi connectivity index (χ4v) is 6.39. The van der Waals surface area contributed by atoms with Crippen molar-refractivity contribution in [2.24, 2.45) is 0 Å². The van der Waals surface area contributed by atoms with Gasteiger partial charge in [0.2, 0.25) is 0 Å². The number of carbonyl (C=O) groups excluding carboxylic acids is 2. The van der Waals surface area contributed by atoms with Gasteiger partial charge in [-0.25, -0.2) is 4.72 Å². The van der Waals surface area contributed by atoms with E-state index in [-0.39, 0.29) is 62.4 Å². The van der Waals surface area contributed by atoms with Crippen molar-refractivity contribution in [3.05, 3.63) is 94.2 Å². The summed E-state index contributed by atoms with van der Waals surface area (Å²) in [7, 11) is -4.29. The molecule has 1 aliphatic heterocycles. The number of anilines is 1. The Morgan fingerprint density at radius 3 is 2.13 bits per heavy atom. The SMILES string of the molecule is CCOc1cc(C(Nc2ccc(C(=N)NC(=O)c3cc(C(F)(F)F)cc(C(F)(F)F)c3)cc2)C(=O)NS(=O)(=O)N2CCOCC2)cc2c(C)coc12.